The zero-order chi connectivity index (χ0) is 26.0. The fourth-order valence-corrected chi connectivity index (χ4v) is 4.90. The van der Waals surface area contributed by atoms with Crippen molar-refractivity contribution < 1.29 is 23.4 Å². The molecule has 2 fully saturated rings. The average molecular weight is 549 g/mol. The topological polar surface area (TPSA) is 51.2 Å². The molecule has 0 unspecified atom stereocenters. The molecule has 2 aliphatic rings. The molecule has 2 heterocycles. The van der Waals surface area contributed by atoms with Crippen molar-refractivity contribution in [3.63, 3.8) is 0 Å². The molecule has 0 bridgehead atoms. The Balaban J connectivity index is 0.00000400. The number of piperidine rings is 1. The van der Waals surface area contributed by atoms with Crippen LogP contribution in [0.15, 0.2) is 48.5 Å². The van der Waals surface area contributed by atoms with Gasteiger partial charge >= 0.3 is 0 Å². The van der Waals surface area contributed by atoms with Gasteiger partial charge in [0.1, 0.15) is 11.6 Å². The Kier molecular flexibility index (Phi) is 12.3. The minimum Gasteiger partial charge on any atom is -0.493 e. The highest BCUT2D eigenvalue weighted by Crippen LogP contribution is 2.22. The molecule has 0 aromatic heterocycles. The van der Waals surface area contributed by atoms with Crippen molar-refractivity contribution in [3.8, 4) is 5.75 Å². The lowest BCUT2D eigenvalue weighted by Gasteiger charge is -2.39. The van der Waals surface area contributed by atoms with E-state index in [1.54, 1.807) is 12.1 Å². The van der Waals surface area contributed by atoms with E-state index in [1.807, 2.05) is 29.2 Å². The molecule has 1 amide bonds. The largest absolute Gasteiger partial charge is 0.493 e. The van der Waals surface area contributed by atoms with E-state index in [9.17, 15) is 9.18 Å². The van der Waals surface area contributed by atoms with Gasteiger partial charge in [-0.3, -0.25) is 4.79 Å². The number of likely N-dealkylation sites (tertiary alicyclic amines) is 1. The molecule has 0 atom stereocenters. The lowest BCUT2D eigenvalue weighted by Crippen LogP contribution is -2.48. The zero-order valence-electron chi connectivity index (χ0n) is 22.6. The van der Waals surface area contributed by atoms with Crippen LogP contribution in [0, 0.1) is 11.7 Å². The molecule has 6 nitrogen and oxygen atoms in total. The molecule has 2 aromatic carbocycles. The standard InChI is InChI=1S/C30H41FN2O4.ClH/c1-23(2)22-37-28-10-6-24(7-11-28)20-29(34)33(21-25-4-8-26(31)9-5-25)27-12-15-32(16-13-27)17-14-30-35-18-3-19-36-30;/h4-11,23,27,30H,3,12-22H2,1-2H3;1H. The van der Waals surface area contributed by atoms with E-state index in [4.69, 9.17) is 14.2 Å². The van der Waals surface area contributed by atoms with E-state index in [1.165, 1.54) is 12.1 Å². The number of carbonyl (C=O) groups is 1. The van der Waals surface area contributed by atoms with Crippen molar-refractivity contribution in [1.29, 1.82) is 0 Å². The maximum Gasteiger partial charge on any atom is 0.227 e. The maximum absolute atomic E-state index is 13.6. The predicted molar refractivity (Wildman–Crippen MR) is 149 cm³/mol. The summed E-state index contributed by atoms with van der Waals surface area (Å²) in [6, 6.07) is 14.5. The molecule has 0 N–H and O–H groups in total. The van der Waals surface area contributed by atoms with Crippen LogP contribution in [-0.4, -0.2) is 67.5 Å². The molecule has 2 aromatic rings. The monoisotopic (exact) mass is 548 g/mol. The lowest BCUT2D eigenvalue weighted by molar-refractivity contribution is -0.182. The second kappa shape index (κ2) is 15.4. The van der Waals surface area contributed by atoms with Crippen LogP contribution in [-0.2, 0) is 27.2 Å². The fourth-order valence-electron chi connectivity index (χ4n) is 4.90. The summed E-state index contributed by atoms with van der Waals surface area (Å²) in [5, 5.41) is 0. The highest BCUT2D eigenvalue weighted by Gasteiger charge is 2.28. The maximum atomic E-state index is 13.6. The molecule has 0 radical (unpaired) electrons. The molecule has 0 aliphatic carbocycles. The van der Waals surface area contributed by atoms with Gasteiger partial charge in [0.05, 0.1) is 26.2 Å². The van der Waals surface area contributed by atoms with E-state index in [-0.39, 0.29) is 36.5 Å². The van der Waals surface area contributed by atoms with Crippen molar-refractivity contribution in [2.24, 2.45) is 5.92 Å². The number of benzene rings is 2. The molecule has 0 saturated carbocycles. The summed E-state index contributed by atoms with van der Waals surface area (Å²) in [6.07, 6.45) is 3.92. The van der Waals surface area contributed by atoms with Crippen molar-refractivity contribution in [2.75, 3.05) is 39.5 Å². The zero-order valence-corrected chi connectivity index (χ0v) is 23.5. The van der Waals surface area contributed by atoms with E-state index in [0.29, 0.717) is 25.5 Å². The van der Waals surface area contributed by atoms with Crippen LogP contribution in [0.4, 0.5) is 4.39 Å². The number of hydrogen-bond acceptors (Lipinski definition) is 5. The van der Waals surface area contributed by atoms with Crippen LogP contribution in [0.5, 0.6) is 5.75 Å². The summed E-state index contributed by atoms with van der Waals surface area (Å²) >= 11 is 0. The lowest BCUT2D eigenvalue weighted by atomic mass is 10.0. The summed E-state index contributed by atoms with van der Waals surface area (Å²) in [5.41, 5.74) is 1.91. The number of nitrogens with zero attached hydrogens (tertiary/aromatic N) is 2. The molecule has 38 heavy (non-hydrogen) atoms. The number of ether oxygens (including phenoxy) is 3. The molecular weight excluding hydrogens is 507 g/mol. The molecule has 0 spiro atoms. The first kappa shape index (κ1) is 30.4. The summed E-state index contributed by atoms with van der Waals surface area (Å²) in [5.74, 6) is 1.12. The number of rotatable bonds is 11. The van der Waals surface area contributed by atoms with Gasteiger partial charge in [0.25, 0.3) is 0 Å². The summed E-state index contributed by atoms with van der Waals surface area (Å²) in [7, 11) is 0. The quantitative estimate of drug-likeness (QED) is 0.373. The van der Waals surface area contributed by atoms with Gasteiger partial charge in [-0.05, 0) is 60.6 Å². The van der Waals surface area contributed by atoms with Crippen LogP contribution < -0.4 is 4.74 Å². The van der Waals surface area contributed by atoms with Crippen molar-refractivity contribution in [3.05, 3.63) is 65.5 Å². The Labute approximate surface area is 232 Å². The van der Waals surface area contributed by atoms with Crippen LogP contribution >= 0.6 is 12.4 Å². The van der Waals surface area contributed by atoms with Crippen LogP contribution in [0.2, 0.25) is 0 Å². The molecule has 8 heteroatoms. The van der Waals surface area contributed by atoms with Crippen molar-refractivity contribution >= 4 is 18.3 Å². The predicted octanol–water partition coefficient (Wildman–Crippen LogP) is 5.47. The van der Waals surface area contributed by atoms with Gasteiger partial charge in [-0.15, -0.1) is 12.4 Å². The van der Waals surface area contributed by atoms with Gasteiger partial charge in [0.2, 0.25) is 5.91 Å². The van der Waals surface area contributed by atoms with Gasteiger partial charge in [-0.1, -0.05) is 38.1 Å². The van der Waals surface area contributed by atoms with Crippen molar-refractivity contribution in [1.82, 2.24) is 9.80 Å². The molecule has 210 valence electrons. The molecule has 2 aliphatic heterocycles. The van der Waals surface area contributed by atoms with Gasteiger partial charge in [-0.2, -0.15) is 0 Å². The summed E-state index contributed by atoms with van der Waals surface area (Å²) < 4.78 is 30.6. The highest BCUT2D eigenvalue weighted by molar-refractivity contribution is 5.85. The van der Waals surface area contributed by atoms with Gasteiger partial charge in [0.15, 0.2) is 6.29 Å². The summed E-state index contributed by atoms with van der Waals surface area (Å²) in [4.78, 5) is 18.0. The van der Waals surface area contributed by atoms with Gasteiger partial charge in [0, 0.05) is 38.6 Å². The van der Waals surface area contributed by atoms with E-state index in [0.717, 1.165) is 75.4 Å². The number of amides is 1. The minimum absolute atomic E-state index is 0. The van der Waals surface area contributed by atoms with Gasteiger partial charge < -0.3 is 24.0 Å². The summed E-state index contributed by atoms with van der Waals surface area (Å²) in [6.45, 7) is 9.77. The van der Waals surface area contributed by atoms with E-state index in [2.05, 4.69) is 18.7 Å². The average Bonchev–Trinajstić information content (AvgIpc) is 2.92. The Morgan fingerprint density at radius 1 is 1.03 bits per heavy atom. The molecular formula is C30H42ClFN2O4. The van der Waals surface area contributed by atoms with E-state index >= 15 is 0 Å². The van der Waals surface area contributed by atoms with Gasteiger partial charge in [-0.25, -0.2) is 4.39 Å². The highest BCUT2D eigenvalue weighted by atomic mass is 35.5. The van der Waals surface area contributed by atoms with Crippen molar-refractivity contribution in [2.45, 2.75) is 64.8 Å². The van der Waals surface area contributed by atoms with Crippen LogP contribution in [0.25, 0.3) is 0 Å². The first-order valence-corrected chi connectivity index (χ1v) is 13.7. The Bertz CT molecular complexity index is 959. The van der Waals surface area contributed by atoms with E-state index < -0.39 is 0 Å². The smallest absolute Gasteiger partial charge is 0.227 e. The molecule has 4 rings (SSSR count). The SMILES string of the molecule is CC(C)COc1ccc(CC(=O)N(Cc2ccc(F)cc2)C2CCN(CCC3OCCCO3)CC2)cc1.Cl. The number of carbonyl (C=O) groups excluding carboxylic acids is 1. The third kappa shape index (κ3) is 9.53. The second-order valence-corrected chi connectivity index (χ2v) is 10.6. The van der Waals surface area contributed by atoms with Crippen LogP contribution in [0.1, 0.15) is 50.7 Å². The normalized spacial score (nSPS) is 17.3. The number of halogens is 2. The Morgan fingerprint density at radius 3 is 2.29 bits per heavy atom. The Morgan fingerprint density at radius 2 is 1.66 bits per heavy atom. The first-order chi connectivity index (χ1) is 18.0. The third-order valence-corrected chi connectivity index (χ3v) is 7.02. The van der Waals surface area contributed by atoms with Crippen LogP contribution in [0.3, 0.4) is 0 Å². The fraction of sp³-hybridized carbons (Fsp3) is 0.567. The number of hydrogen-bond donors (Lipinski definition) is 0. The first-order valence-electron chi connectivity index (χ1n) is 13.7. The Hall–Kier alpha value is -2.19. The molecule has 2 saturated heterocycles. The minimum atomic E-state index is -0.263. The second-order valence-electron chi connectivity index (χ2n) is 10.6. The third-order valence-electron chi connectivity index (χ3n) is 7.02.